The minimum atomic E-state index is -0.710. The van der Waals surface area contributed by atoms with E-state index in [0.717, 1.165) is 10.8 Å². The van der Waals surface area contributed by atoms with E-state index in [2.05, 4.69) is 16.2 Å². The zero-order chi connectivity index (χ0) is 20.8. The van der Waals surface area contributed by atoms with Crippen LogP contribution in [-0.4, -0.2) is 29.4 Å². The molecule has 3 aromatic rings. The van der Waals surface area contributed by atoms with Crippen molar-refractivity contribution in [3.63, 3.8) is 0 Å². The number of hydrazine groups is 1. The van der Waals surface area contributed by atoms with Gasteiger partial charge in [0.1, 0.15) is 5.75 Å². The first kappa shape index (κ1) is 20.2. The summed E-state index contributed by atoms with van der Waals surface area (Å²) < 4.78 is 0. The molecule has 0 radical (unpaired) electrons. The van der Waals surface area contributed by atoms with Crippen molar-refractivity contribution in [3.05, 3.63) is 76.8 Å². The third kappa shape index (κ3) is 5.24. The molecule has 148 valence electrons. The standard InChI is InChI=1S/C21H18ClN3O4/c22-16-7-8-18(26)17(12-16)21(29)25-24-19(27)9-10-23-20(28)15-6-5-13-3-1-2-4-14(13)11-15/h1-8,11-12,26H,9-10H2,(H,23,28)(H,24,27)(H,25,29). The van der Waals surface area contributed by atoms with Gasteiger partial charge in [-0.3, -0.25) is 25.2 Å². The van der Waals surface area contributed by atoms with Crippen LogP contribution in [-0.2, 0) is 4.79 Å². The highest BCUT2D eigenvalue weighted by Gasteiger charge is 2.13. The van der Waals surface area contributed by atoms with Crippen molar-refractivity contribution in [1.29, 1.82) is 0 Å². The van der Waals surface area contributed by atoms with E-state index in [9.17, 15) is 19.5 Å². The van der Waals surface area contributed by atoms with Gasteiger partial charge in [-0.15, -0.1) is 0 Å². The summed E-state index contributed by atoms with van der Waals surface area (Å²) in [6, 6.07) is 17.0. The molecule has 0 aliphatic carbocycles. The summed E-state index contributed by atoms with van der Waals surface area (Å²) in [5, 5.41) is 14.6. The van der Waals surface area contributed by atoms with Crippen molar-refractivity contribution in [3.8, 4) is 5.75 Å². The Hall–Kier alpha value is -3.58. The van der Waals surface area contributed by atoms with Crippen LogP contribution in [0.25, 0.3) is 10.8 Å². The van der Waals surface area contributed by atoms with E-state index in [1.807, 2.05) is 30.3 Å². The van der Waals surface area contributed by atoms with E-state index in [1.54, 1.807) is 12.1 Å². The fourth-order valence-corrected chi connectivity index (χ4v) is 2.84. The number of hydrogen-bond acceptors (Lipinski definition) is 4. The van der Waals surface area contributed by atoms with Crippen LogP contribution in [0, 0.1) is 0 Å². The minimum absolute atomic E-state index is 0.0405. The van der Waals surface area contributed by atoms with E-state index >= 15 is 0 Å². The molecular weight excluding hydrogens is 394 g/mol. The van der Waals surface area contributed by atoms with Gasteiger partial charge in [0.2, 0.25) is 5.91 Å². The highest BCUT2D eigenvalue weighted by molar-refractivity contribution is 6.31. The predicted molar refractivity (Wildman–Crippen MR) is 110 cm³/mol. The molecule has 8 heteroatoms. The van der Waals surface area contributed by atoms with E-state index in [0.29, 0.717) is 5.56 Å². The fourth-order valence-electron chi connectivity index (χ4n) is 2.67. The molecule has 3 aromatic carbocycles. The molecule has 0 aromatic heterocycles. The maximum absolute atomic E-state index is 12.2. The Morgan fingerprint density at radius 1 is 0.862 bits per heavy atom. The molecule has 4 N–H and O–H groups in total. The van der Waals surface area contributed by atoms with Crippen molar-refractivity contribution in [2.75, 3.05) is 6.54 Å². The Morgan fingerprint density at radius 2 is 1.62 bits per heavy atom. The molecule has 0 spiro atoms. The van der Waals surface area contributed by atoms with Crippen molar-refractivity contribution < 1.29 is 19.5 Å². The van der Waals surface area contributed by atoms with Gasteiger partial charge in [-0.1, -0.05) is 41.9 Å². The number of carbonyl (C=O) groups is 3. The second kappa shape index (κ2) is 9.07. The summed E-state index contributed by atoms with van der Waals surface area (Å²) in [6.07, 6.45) is -0.0405. The highest BCUT2D eigenvalue weighted by atomic mass is 35.5. The lowest BCUT2D eigenvalue weighted by molar-refractivity contribution is -0.121. The molecule has 3 rings (SSSR count). The zero-order valence-electron chi connectivity index (χ0n) is 15.2. The van der Waals surface area contributed by atoms with E-state index in [-0.39, 0.29) is 35.2 Å². The van der Waals surface area contributed by atoms with Crippen LogP contribution in [0.4, 0.5) is 0 Å². The first-order valence-corrected chi connectivity index (χ1v) is 9.16. The number of carbonyl (C=O) groups excluding carboxylic acids is 3. The molecule has 29 heavy (non-hydrogen) atoms. The van der Waals surface area contributed by atoms with E-state index in [1.165, 1.54) is 18.2 Å². The van der Waals surface area contributed by atoms with Crippen molar-refractivity contribution in [2.24, 2.45) is 0 Å². The molecule has 7 nitrogen and oxygen atoms in total. The fraction of sp³-hybridized carbons (Fsp3) is 0.0952. The number of amides is 3. The first-order valence-electron chi connectivity index (χ1n) is 8.79. The molecule has 0 saturated heterocycles. The van der Waals surface area contributed by atoms with Crippen LogP contribution in [0.15, 0.2) is 60.7 Å². The number of phenolic OH excluding ortho intramolecular Hbond substituents is 1. The van der Waals surface area contributed by atoms with Crippen molar-refractivity contribution in [1.82, 2.24) is 16.2 Å². The SMILES string of the molecule is O=C(CCNC(=O)c1ccc2ccccc2c1)NNC(=O)c1cc(Cl)ccc1O. The molecule has 3 amide bonds. The van der Waals surface area contributed by atoms with Crippen molar-refractivity contribution in [2.45, 2.75) is 6.42 Å². The average molecular weight is 412 g/mol. The second-order valence-electron chi connectivity index (χ2n) is 6.23. The molecule has 0 aliphatic heterocycles. The highest BCUT2D eigenvalue weighted by Crippen LogP contribution is 2.21. The average Bonchev–Trinajstić information content (AvgIpc) is 2.73. The van der Waals surface area contributed by atoms with Gasteiger partial charge in [-0.2, -0.15) is 0 Å². The number of rotatable bonds is 5. The third-order valence-corrected chi connectivity index (χ3v) is 4.40. The Morgan fingerprint density at radius 3 is 2.41 bits per heavy atom. The van der Waals surface area contributed by atoms with Gasteiger partial charge >= 0.3 is 0 Å². The number of halogens is 1. The number of nitrogens with one attached hydrogen (secondary N) is 3. The number of hydrogen-bond donors (Lipinski definition) is 4. The van der Waals surface area contributed by atoms with Crippen molar-refractivity contribution >= 4 is 40.1 Å². The minimum Gasteiger partial charge on any atom is -0.507 e. The number of fused-ring (bicyclic) bond motifs is 1. The van der Waals surface area contributed by atoms with Gasteiger partial charge in [0, 0.05) is 23.6 Å². The van der Waals surface area contributed by atoms with Gasteiger partial charge in [0.05, 0.1) is 5.56 Å². The van der Waals surface area contributed by atoms with Gasteiger partial charge in [-0.25, -0.2) is 0 Å². The first-order chi connectivity index (χ1) is 13.9. The van der Waals surface area contributed by atoms with Crippen LogP contribution >= 0.6 is 11.6 Å². The lowest BCUT2D eigenvalue weighted by Crippen LogP contribution is -2.42. The largest absolute Gasteiger partial charge is 0.507 e. The van der Waals surface area contributed by atoms with E-state index in [4.69, 9.17) is 11.6 Å². The molecule has 0 fully saturated rings. The van der Waals surface area contributed by atoms with E-state index < -0.39 is 11.8 Å². The lowest BCUT2D eigenvalue weighted by atomic mass is 10.1. The summed E-state index contributed by atoms with van der Waals surface area (Å²) >= 11 is 5.79. The number of aromatic hydroxyl groups is 1. The molecule has 0 aliphatic rings. The maximum Gasteiger partial charge on any atom is 0.273 e. The molecule has 0 heterocycles. The number of phenols is 1. The smallest absolute Gasteiger partial charge is 0.273 e. The molecule has 0 atom stereocenters. The Bertz CT molecular complexity index is 1080. The van der Waals surface area contributed by atoms with Gasteiger partial charge < -0.3 is 10.4 Å². The van der Waals surface area contributed by atoms with Gasteiger partial charge in [0.25, 0.3) is 11.8 Å². The second-order valence-corrected chi connectivity index (χ2v) is 6.67. The van der Waals surface area contributed by atoms with Crippen LogP contribution in [0.3, 0.4) is 0 Å². The third-order valence-electron chi connectivity index (χ3n) is 4.17. The Balaban J connectivity index is 1.46. The molecule has 0 unspecified atom stereocenters. The summed E-state index contributed by atoms with van der Waals surface area (Å²) in [5.41, 5.74) is 4.84. The van der Waals surface area contributed by atoms with Crippen LogP contribution in [0.1, 0.15) is 27.1 Å². The summed E-state index contributed by atoms with van der Waals surface area (Å²) in [4.78, 5) is 36.1. The predicted octanol–water partition coefficient (Wildman–Crippen LogP) is 2.78. The molecule has 0 bridgehead atoms. The topological polar surface area (TPSA) is 108 Å². The van der Waals surface area contributed by atoms with Crippen LogP contribution in [0.2, 0.25) is 5.02 Å². The normalized spacial score (nSPS) is 10.4. The van der Waals surface area contributed by atoms with Gasteiger partial charge in [-0.05, 0) is 41.1 Å². The van der Waals surface area contributed by atoms with Crippen LogP contribution < -0.4 is 16.2 Å². The Labute approximate surface area is 171 Å². The Kier molecular flexibility index (Phi) is 6.31. The van der Waals surface area contributed by atoms with Gasteiger partial charge in [0.15, 0.2) is 0 Å². The lowest BCUT2D eigenvalue weighted by Gasteiger charge is -2.09. The summed E-state index contributed by atoms with van der Waals surface area (Å²) in [7, 11) is 0. The summed E-state index contributed by atoms with van der Waals surface area (Å²) in [5.74, 6) is -1.77. The van der Waals surface area contributed by atoms with Crippen LogP contribution in [0.5, 0.6) is 5.75 Å². The summed E-state index contributed by atoms with van der Waals surface area (Å²) in [6.45, 7) is 0.0930. The monoisotopic (exact) mass is 411 g/mol. The number of benzene rings is 3. The molecule has 0 saturated carbocycles. The quantitative estimate of drug-likeness (QED) is 0.484. The molecular formula is C21H18ClN3O4. The maximum atomic E-state index is 12.2. The zero-order valence-corrected chi connectivity index (χ0v) is 16.0.